The third-order valence-corrected chi connectivity index (χ3v) is 3.31. The summed E-state index contributed by atoms with van der Waals surface area (Å²) in [5, 5.41) is 2.80. The number of hydrogen-bond acceptors (Lipinski definition) is 2. The van der Waals surface area contributed by atoms with Crippen LogP contribution in [-0.4, -0.2) is 18.6 Å². The maximum Gasteiger partial charge on any atom is 0.260 e. The Kier molecular flexibility index (Phi) is 5.53. The molecule has 1 N–H and O–H groups in total. The van der Waals surface area contributed by atoms with Gasteiger partial charge < -0.3 is 10.1 Å². The topological polar surface area (TPSA) is 38.3 Å². The highest BCUT2D eigenvalue weighted by Gasteiger charge is 2.13. The van der Waals surface area contributed by atoms with Crippen molar-refractivity contribution in [2.75, 3.05) is 6.54 Å². The molecule has 3 nitrogen and oxygen atoms in total. The lowest BCUT2D eigenvalue weighted by Gasteiger charge is -2.15. The van der Waals surface area contributed by atoms with Crippen molar-refractivity contribution in [1.82, 2.24) is 5.32 Å². The van der Waals surface area contributed by atoms with Gasteiger partial charge >= 0.3 is 0 Å². The summed E-state index contributed by atoms with van der Waals surface area (Å²) in [6.07, 6.45) is 0.0102. The molecule has 0 aliphatic carbocycles. The molecule has 0 fully saturated rings. The average Bonchev–Trinajstić information content (AvgIpc) is 2.49. The number of amides is 1. The van der Waals surface area contributed by atoms with Crippen molar-refractivity contribution < 1.29 is 13.9 Å². The van der Waals surface area contributed by atoms with E-state index in [2.05, 4.69) is 5.32 Å². The van der Waals surface area contributed by atoms with Crippen LogP contribution in [0.2, 0.25) is 0 Å². The lowest BCUT2D eigenvalue weighted by Crippen LogP contribution is -2.37. The average molecular weight is 301 g/mol. The zero-order chi connectivity index (χ0) is 15.9. The van der Waals surface area contributed by atoms with E-state index in [9.17, 15) is 9.18 Å². The minimum atomic E-state index is -0.574. The Labute approximate surface area is 130 Å². The van der Waals surface area contributed by atoms with Gasteiger partial charge in [0.25, 0.3) is 5.91 Å². The van der Waals surface area contributed by atoms with Gasteiger partial charge in [-0.05, 0) is 50.1 Å². The van der Waals surface area contributed by atoms with Crippen LogP contribution in [0.4, 0.5) is 4.39 Å². The van der Waals surface area contributed by atoms with Crippen molar-refractivity contribution in [3.63, 3.8) is 0 Å². The van der Waals surface area contributed by atoms with Crippen molar-refractivity contribution in [2.45, 2.75) is 26.4 Å². The second kappa shape index (κ2) is 7.59. The first-order valence-corrected chi connectivity index (χ1v) is 7.30. The number of nitrogens with one attached hydrogen (secondary N) is 1. The lowest BCUT2D eigenvalue weighted by molar-refractivity contribution is -0.127. The number of carbonyl (C=O) groups excluding carboxylic acids is 1. The zero-order valence-electron chi connectivity index (χ0n) is 12.8. The Balaban J connectivity index is 1.77. The van der Waals surface area contributed by atoms with Crippen LogP contribution in [-0.2, 0) is 11.2 Å². The summed E-state index contributed by atoms with van der Waals surface area (Å²) < 4.78 is 18.6. The second-order valence-electron chi connectivity index (χ2n) is 5.24. The summed E-state index contributed by atoms with van der Waals surface area (Å²) >= 11 is 0. The molecular formula is C18H20FNO2. The van der Waals surface area contributed by atoms with Gasteiger partial charge in [0, 0.05) is 6.54 Å². The first kappa shape index (κ1) is 16.0. The fraction of sp³-hybridized carbons (Fsp3) is 0.278. The van der Waals surface area contributed by atoms with Gasteiger partial charge in [0.1, 0.15) is 11.6 Å². The predicted octanol–water partition coefficient (Wildman–Crippen LogP) is 3.26. The standard InChI is InChI=1S/C18H20FNO2/c1-13-6-8-17(9-7-13)22-14(2)18(21)20-11-10-15-4-3-5-16(19)12-15/h3-9,12,14H,10-11H2,1-2H3,(H,20,21). The van der Waals surface area contributed by atoms with E-state index in [1.54, 1.807) is 13.0 Å². The van der Waals surface area contributed by atoms with Gasteiger partial charge in [0.05, 0.1) is 0 Å². The van der Waals surface area contributed by atoms with Crippen LogP contribution in [0.15, 0.2) is 48.5 Å². The monoisotopic (exact) mass is 301 g/mol. The van der Waals surface area contributed by atoms with E-state index in [4.69, 9.17) is 4.74 Å². The van der Waals surface area contributed by atoms with Crippen molar-refractivity contribution in [3.05, 3.63) is 65.5 Å². The van der Waals surface area contributed by atoms with E-state index >= 15 is 0 Å². The summed E-state index contributed by atoms with van der Waals surface area (Å²) in [4.78, 5) is 12.0. The molecule has 116 valence electrons. The van der Waals surface area contributed by atoms with Crippen LogP contribution in [0, 0.1) is 12.7 Å². The number of hydrogen-bond donors (Lipinski definition) is 1. The maximum absolute atomic E-state index is 13.0. The van der Waals surface area contributed by atoms with E-state index in [0.29, 0.717) is 18.7 Å². The van der Waals surface area contributed by atoms with Gasteiger partial charge in [0.15, 0.2) is 6.10 Å². The highest BCUT2D eigenvalue weighted by Crippen LogP contribution is 2.13. The largest absolute Gasteiger partial charge is 0.481 e. The first-order valence-electron chi connectivity index (χ1n) is 7.30. The van der Waals surface area contributed by atoms with E-state index in [1.807, 2.05) is 37.3 Å². The minimum Gasteiger partial charge on any atom is -0.481 e. The quantitative estimate of drug-likeness (QED) is 0.889. The normalized spacial score (nSPS) is 11.8. The second-order valence-corrected chi connectivity index (χ2v) is 5.24. The summed E-state index contributed by atoms with van der Waals surface area (Å²) in [5.74, 6) is 0.218. The SMILES string of the molecule is Cc1ccc(OC(C)C(=O)NCCc2cccc(F)c2)cc1. The molecule has 0 aliphatic rings. The van der Waals surface area contributed by atoms with E-state index < -0.39 is 6.10 Å². The van der Waals surface area contributed by atoms with Crippen LogP contribution < -0.4 is 10.1 Å². The molecule has 0 spiro atoms. The Hall–Kier alpha value is -2.36. The van der Waals surface area contributed by atoms with Crippen molar-refractivity contribution in [3.8, 4) is 5.75 Å². The van der Waals surface area contributed by atoms with Crippen LogP contribution in [0.5, 0.6) is 5.75 Å². The zero-order valence-corrected chi connectivity index (χ0v) is 12.8. The number of ether oxygens (including phenoxy) is 1. The van der Waals surface area contributed by atoms with Crippen molar-refractivity contribution >= 4 is 5.91 Å². The fourth-order valence-electron chi connectivity index (χ4n) is 2.04. The highest BCUT2D eigenvalue weighted by atomic mass is 19.1. The van der Waals surface area contributed by atoms with Gasteiger partial charge in [-0.3, -0.25) is 4.79 Å². The molecule has 2 aromatic rings. The molecule has 0 aliphatic heterocycles. The summed E-state index contributed by atoms with van der Waals surface area (Å²) in [6.45, 7) is 4.15. The lowest BCUT2D eigenvalue weighted by atomic mass is 10.1. The molecule has 4 heteroatoms. The number of benzene rings is 2. The Morgan fingerprint density at radius 3 is 2.64 bits per heavy atom. The molecule has 0 bridgehead atoms. The van der Waals surface area contributed by atoms with E-state index in [0.717, 1.165) is 11.1 Å². The molecule has 0 heterocycles. The Morgan fingerprint density at radius 2 is 1.95 bits per heavy atom. The van der Waals surface area contributed by atoms with Crippen molar-refractivity contribution in [2.24, 2.45) is 0 Å². The molecule has 0 saturated heterocycles. The van der Waals surface area contributed by atoms with Gasteiger partial charge in [-0.1, -0.05) is 29.8 Å². The predicted molar refractivity (Wildman–Crippen MR) is 84.4 cm³/mol. The number of carbonyl (C=O) groups is 1. The van der Waals surface area contributed by atoms with Crippen LogP contribution >= 0.6 is 0 Å². The molecule has 1 unspecified atom stereocenters. The Morgan fingerprint density at radius 1 is 1.23 bits per heavy atom. The third-order valence-electron chi connectivity index (χ3n) is 3.31. The smallest absolute Gasteiger partial charge is 0.260 e. The van der Waals surface area contributed by atoms with Crippen LogP contribution in [0.25, 0.3) is 0 Å². The third kappa shape index (κ3) is 4.88. The molecule has 0 radical (unpaired) electrons. The van der Waals surface area contributed by atoms with Gasteiger partial charge in [-0.25, -0.2) is 4.39 Å². The number of aryl methyl sites for hydroxylation is 1. The molecule has 0 aromatic heterocycles. The van der Waals surface area contributed by atoms with Crippen LogP contribution in [0.3, 0.4) is 0 Å². The molecule has 2 aromatic carbocycles. The minimum absolute atomic E-state index is 0.183. The number of rotatable bonds is 6. The van der Waals surface area contributed by atoms with E-state index in [-0.39, 0.29) is 11.7 Å². The first-order chi connectivity index (χ1) is 10.5. The highest BCUT2D eigenvalue weighted by molar-refractivity contribution is 5.80. The molecular weight excluding hydrogens is 281 g/mol. The molecule has 2 rings (SSSR count). The van der Waals surface area contributed by atoms with E-state index in [1.165, 1.54) is 12.1 Å². The van der Waals surface area contributed by atoms with Crippen LogP contribution in [0.1, 0.15) is 18.1 Å². The summed E-state index contributed by atoms with van der Waals surface area (Å²) in [5.41, 5.74) is 1.99. The molecule has 22 heavy (non-hydrogen) atoms. The van der Waals surface area contributed by atoms with Crippen molar-refractivity contribution in [1.29, 1.82) is 0 Å². The molecule has 1 atom stereocenters. The summed E-state index contributed by atoms with van der Waals surface area (Å²) in [7, 11) is 0. The Bertz CT molecular complexity index is 625. The van der Waals surface area contributed by atoms with Gasteiger partial charge in [-0.15, -0.1) is 0 Å². The fourth-order valence-corrected chi connectivity index (χ4v) is 2.04. The molecule has 0 saturated carbocycles. The van der Waals surface area contributed by atoms with Gasteiger partial charge in [0.2, 0.25) is 0 Å². The summed E-state index contributed by atoms with van der Waals surface area (Å²) in [6, 6.07) is 13.9. The van der Waals surface area contributed by atoms with Gasteiger partial charge in [-0.2, -0.15) is 0 Å². The molecule has 1 amide bonds. The maximum atomic E-state index is 13.0. The number of halogens is 1.